The second kappa shape index (κ2) is 10.8. The lowest BCUT2D eigenvalue weighted by Crippen LogP contribution is -2.40. The van der Waals surface area contributed by atoms with Crippen molar-refractivity contribution in [3.05, 3.63) is 24.3 Å². The van der Waals surface area contributed by atoms with Gasteiger partial charge in [0.2, 0.25) is 5.91 Å². The Morgan fingerprint density at radius 1 is 1.36 bits per heavy atom. The monoisotopic (exact) mass is 348 g/mol. The Hall–Kier alpha value is -2.02. The van der Waals surface area contributed by atoms with Gasteiger partial charge in [-0.05, 0) is 19.3 Å². The zero-order valence-electron chi connectivity index (χ0n) is 14.9. The van der Waals surface area contributed by atoms with Crippen molar-refractivity contribution in [1.82, 2.24) is 20.2 Å². The SMILES string of the molecule is CCCCCNC(=O)CCN(C[C@H]1CCCO1)C(=O)c1cnccn1. The summed E-state index contributed by atoms with van der Waals surface area (Å²) in [6, 6.07) is 0. The van der Waals surface area contributed by atoms with Crippen molar-refractivity contribution in [2.75, 3.05) is 26.2 Å². The number of nitrogens with one attached hydrogen (secondary N) is 1. The van der Waals surface area contributed by atoms with E-state index in [2.05, 4.69) is 22.2 Å². The molecule has 1 aliphatic rings. The molecule has 1 aliphatic heterocycles. The molecule has 2 rings (SSSR count). The third-order valence-electron chi connectivity index (χ3n) is 4.23. The molecule has 0 aromatic carbocycles. The normalized spacial score (nSPS) is 16.6. The number of amides is 2. The number of hydrogen-bond acceptors (Lipinski definition) is 5. The van der Waals surface area contributed by atoms with Crippen molar-refractivity contribution in [1.29, 1.82) is 0 Å². The van der Waals surface area contributed by atoms with Crippen molar-refractivity contribution in [2.45, 2.75) is 51.6 Å². The number of hydrogen-bond donors (Lipinski definition) is 1. The van der Waals surface area contributed by atoms with Crippen LogP contribution in [0.2, 0.25) is 0 Å². The molecule has 0 radical (unpaired) electrons. The molecule has 1 atom stereocenters. The number of ether oxygens (including phenoxy) is 1. The average molecular weight is 348 g/mol. The van der Waals surface area contributed by atoms with E-state index >= 15 is 0 Å². The van der Waals surface area contributed by atoms with E-state index < -0.39 is 0 Å². The number of nitrogens with zero attached hydrogens (tertiary/aromatic N) is 3. The molecule has 2 amide bonds. The van der Waals surface area contributed by atoms with Crippen LogP contribution in [0.15, 0.2) is 18.6 Å². The van der Waals surface area contributed by atoms with Gasteiger partial charge >= 0.3 is 0 Å². The summed E-state index contributed by atoms with van der Waals surface area (Å²) < 4.78 is 5.64. The van der Waals surface area contributed by atoms with Crippen LogP contribution in [-0.4, -0.2) is 59.0 Å². The van der Waals surface area contributed by atoms with Crippen molar-refractivity contribution in [2.24, 2.45) is 0 Å². The maximum absolute atomic E-state index is 12.7. The fourth-order valence-electron chi connectivity index (χ4n) is 2.81. The summed E-state index contributed by atoms with van der Waals surface area (Å²) in [7, 11) is 0. The number of rotatable bonds is 10. The van der Waals surface area contributed by atoms with Crippen molar-refractivity contribution >= 4 is 11.8 Å². The quantitative estimate of drug-likeness (QED) is 0.652. The lowest BCUT2D eigenvalue weighted by molar-refractivity contribution is -0.121. The molecule has 138 valence electrons. The average Bonchev–Trinajstić information content (AvgIpc) is 3.15. The lowest BCUT2D eigenvalue weighted by Gasteiger charge is -2.25. The summed E-state index contributed by atoms with van der Waals surface area (Å²) >= 11 is 0. The molecule has 1 fully saturated rings. The highest BCUT2D eigenvalue weighted by Crippen LogP contribution is 2.15. The summed E-state index contributed by atoms with van der Waals surface area (Å²) in [5.74, 6) is -0.234. The molecule has 1 aromatic rings. The van der Waals surface area contributed by atoms with Gasteiger partial charge in [-0.3, -0.25) is 14.6 Å². The summed E-state index contributed by atoms with van der Waals surface area (Å²) in [4.78, 5) is 34.4. The Labute approximate surface area is 149 Å². The number of aromatic nitrogens is 2. The van der Waals surface area contributed by atoms with Crippen LogP contribution in [0.1, 0.15) is 55.9 Å². The zero-order chi connectivity index (χ0) is 17.9. The van der Waals surface area contributed by atoms with Crippen molar-refractivity contribution in [3.63, 3.8) is 0 Å². The van der Waals surface area contributed by atoms with Gasteiger partial charge in [-0.15, -0.1) is 0 Å². The van der Waals surface area contributed by atoms with Gasteiger partial charge in [0.15, 0.2) is 0 Å². The van der Waals surface area contributed by atoms with E-state index in [-0.39, 0.29) is 24.3 Å². The standard InChI is InChI=1S/C18H28N4O3/c1-2-3-4-8-21-17(23)7-11-22(14-15-6-5-12-25-15)18(24)16-13-19-9-10-20-16/h9-10,13,15H,2-8,11-12,14H2,1H3,(H,21,23)/t15-/m1/s1. The first-order chi connectivity index (χ1) is 12.2. The van der Waals surface area contributed by atoms with E-state index in [0.717, 1.165) is 38.7 Å². The van der Waals surface area contributed by atoms with Gasteiger partial charge in [0.25, 0.3) is 5.91 Å². The van der Waals surface area contributed by atoms with Crippen LogP contribution in [0.4, 0.5) is 0 Å². The fraction of sp³-hybridized carbons (Fsp3) is 0.667. The Morgan fingerprint density at radius 2 is 2.24 bits per heavy atom. The molecule has 2 heterocycles. The molecule has 0 bridgehead atoms. The molecule has 1 N–H and O–H groups in total. The number of carbonyl (C=O) groups excluding carboxylic acids is 2. The van der Waals surface area contributed by atoms with Gasteiger partial charge in [0, 0.05) is 45.1 Å². The summed E-state index contributed by atoms with van der Waals surface area (Å²) in [5.41, 5.74) is 0.295. The van der Waals surface area contributed by atoms with E-state index in [0.29, 0.717) is 25.3 Å². The summed E-state index contributed by atoms with van der Waals surface area (Å²) in [6.07, 6.45) is 9.97. The lowest BCUT2D eigenvalue weighted by atomic mass is 10.2. The minimum absolute atomic E-state index is 0.0274. The van der Waals surface area contributed by atoms with Gasteiger partial charge in [-0.25, -0.2) is 4.98 Å². The van der Waals surface area contributed by atoms with Gasteiger partial charge in [0.05, 0.1) is 12.3 Å². The van der Waals surface area contributed by atoms with E-state index in [1.165, 1.54) is 18.6 Å². The molecule has 0 saturated carbocycles. The van der Waals surface area contributed by atoms with Gasteiger partial charge in [0.1, 0.15) is 5.69 Å². The predicted molar refractivity (Wildman–Crippen MR) is 94.1 cm³/mol. The third kappa shape index (κ3) is 6.78. The van der Waals surface area contributed by atoms with Crippen LogP contribution in [0.25, 0.3) is 0 Å². The largest absolute Gasteiger partial charge is 0.376 e. The molecule has 0 spiro atoms. The van der Waals surface area contributed by atoms with Crippen LogP contribution in [0.5, 0.6) is 0 Å². The maximum Gasteiger partial charge on any atom is 0.274 e. The first kappa shape index (κ1) is 19.3. The minimum Gasteiger partial charge on any atom is -0.376 e. The number of carbonyl (C=O) groups is 2. The molecule has 0 unspecified atom stereocenters. The molecular formula is C18H28N4O3. The Balaban J connectivity index is 1.87. The molecule has 0 aliphatic carbocycles. The van der Waals surface area contributed by atoms with Crippen LogP contribution in [0, 0.1) is 0 Å². The molecular weight excluding hydrogens is 320 g/mol. The Morgan fingerprint density at radius 3 is 2.92 bits per heavy atom. The minimum atomic E-state index is -0.206. The first-order valence-electron chi connectivity index (χ1n) is 9.14. The van der Waals surface area contributed by atoms with Crippen LogP contribution in [-0.2, 0) is 9.53 Å². The Bertz CT molecular complexity index is 532. The second-order valence-corrected chi connectivity index (χ2v) is 6.28. The molecule has 25 heavy (non-hydrogen) atoms. The summed E-state index contributed by atoms with van der Waals surface area (Å²) in [5, 5.41) is 2.91. The molecule has 7 heteroatoms. The molecule has 1 saturated heterocycles. The van der Waals surface area contributed by atoms with Crippen molar-refractivity contribution in [3.8, 4) is 0 Å². The first-order valence-corrected chi connectivity index (χ1v) is 9.14. The van der Waals surface area contributed by atoms with Crippen LogP contribution >= 0.6 is 0 Å². The molecule has 7 nitrogen and oxygen atoms in total. The van der Waals surface area contributed by atoms with Gasteiger partial charge in [-0.2, -0.15) is 0 Å². The maximum atomic E-state index is 12.7. The predicted octanol–water partition coefficient (Wildman–Crippen LogP) is 1.79. The smallest absolute Gasteiger partial charge is 0.274 e. The van der Waals surface area contributed by atoms with Crippen molar-refractivity contribution < 1.29 is 14.3 Å². The Kier molecular flexibility index (Phi) is 8.31. The third-order valence-corrected chi connectivity index (χ3v) is 4.23. The highest BCUT2D eigenvalue weighted by Gasteiger charge is 2.24. The van der Waals surface area contributed by atoms with Gasteiger partial charge < -0.3 is 15.0 Å². The highest BCUT2D eigenvalue weighted by atomic mass is 16.5. The van der Waals surface area contributed by atoms with E-state index in [1.54, 1.807) is 4.90 Å². The highest BCUT2D eigenvalue weighted by molar-refractivity contribution is 5.92. The summed E-state index contributed by atoms with van der Waals surface area (Å²) in [6.45, 7) is 4.39. The van der Waals surface area contributed by atoms with Crippen LogP contribution in [0.3, 0.4) is 0 Å². The zero-order valence-corrected chi connectivity index (χ0v) is 14.9. The number of unbranched alkanes of at least 4 members (excludes halogenated alkanes) is 2. The second-order valence-electron chi connectivity index (χ2n) is 6.28. The van der Waals surface area contributed by atoms with E-state index in [9.17, 15) is 9.59 Å². The van der Waals surface area contributed by atoms with E-state index in [1.807, 2.05) is 0 Å². The van der Waals surface area contributed by atoms with Crippen LogP contribution < -0.4 is 5.32 Å². The topological polar surface area (TPSA) is 84.4 Å². The fourth-order valence-corrected chi connectivity index (χ4v) is 2.81. The van der Waals surface area contributed by atoms with Gasteiger partial charge in [-0.1, -0.05) is 19.8 Å². The molecule has 1 aromatic heterocycles. The van der Waals surface area contributed by atoms with E-state index in [4.69, 9.17) is 4.74 Å².